The molecule has 1 saturated heterocycles. The van der Waals surface area contributed by atoms with E-state index in [9.17, 15) is 45.1 Å². The van der Waals surface area contributed by atoms with Gasteiger partial charge in [-0.25, -0.2) is 14.0 Å². The monoisotopic (exact) mass is 702 g/mol. The molecule has 2 aromatic carbocycles. The number of amides is 4. The number of carbonyl (C=O) groups excluding carboxylic acids is 3. The van der Waals surface area contributed by atoms with Crippen LogP contribution in [-0.2, 0) is 21.9 Å². The zero-order valence-electron chi connectivity index (χ0n) is 28.2. The van der Waals surface area contributed by atoms with Crippen LogP contribution in [0.15, 0.2) is 42.5 Å². The summed E-state index contributed by atoms with van der Waals surface area (Å²) in [5.41, 5.74) is -3.79. The zero-order valence-corrected chi connectivity index (χ0v) is 28.2. The summed E-state index contributed by atoms with van der Waals surface area (Å²) >= 11 is 0. The summed E-state index contributed by atoms with van der Waals surface area (Å²) in [7, 11) is 4.10. The van der Waals surface area contributed by atoms with E-state index in [0.29, 0.717) is 48.3 Å². The average Bonchev–Trinajstić information content (AvgIpc) is 3.47. The summed E-state index contributed by atoms with van der Waals surface area (Å²) < 4.78 is 100. The predicted octanol–water partition coefficient (Wildman–Crippen LogP) is 7.77. The van der Waals surface area contributed by atoms with Crippen LogP contribution in [0.1, 0.15) is 69.1 Å². The fourth-order valence-electron chi connectivity index (χ4n) is 6.47. The maximum absolute atomic E-state index is 13.8. The van der Waals surface area contributed by atoms with E-state index in [2.05, 4.69) is 0 Å². The number of urea groups is 1. The molecule has 4 rings (SSSR count). The van der Waals surface area contributed by atoms with E-state index in [1.54, 1.807) is 37.6 Å². The molecule has 1 saturated carbocycles. The zero-order chi connectivity index (χ0) is 36.6. The molecule has 0 aromatic heterocycles. The summed E-state index contributed by atoms with van der Waals surface area (Å²) in [6, 6.07) is 4.66. The van der Waals surface area contributed by atoms with Gasteiger partial charge in [0.25, 0.3) is 0 Å². The Morgan fingerprint density at radius 3 is 1.80 bits per heavy atom. The lowest BCUT2D eigenvalue weighted by molar-refractivity contribution is -0.143. The lowest BCUT2D eigenvalue weighted by Gasteiger charge is -2.36. The number of rotatable bonds is 5. The van der Waals surface area contributed by atoms with Gasteiger partial charge >= 0.3 is 24.5 Å². The van der Waals surface area contributed by atoms with Gasteiger partial charge in [0, 0.05) is 57.8 Å². The van der Waals surface area contributed by atoms with Crippen LogP contribution in [0.3, 0.4) is 0 Å². The number of hydrogen-bond acceptors (Lipinski definition) is 4. The third kappa shape index (κ3) is 8.96. The SMILES string of the molecule is CN(C(=O)N(C)[C@@H]1CN(C(=O)[C@H]2CC[C@H](N(C)C(=O)OC(C)(C)C)CC2)C[C@H]1c1ccc(F)cc1)c1cc(C(F)(F)F)cc(C(F)(F)F)c1. The van der Waals surface area contributed by atoms with Crippen molar-refractivity contribution in [3.8, 4) is 0 Å². The van der Waals surface area contributed by atoms with Crippen molar-refractivity contribution in [1.29, 1.82) is 0 Å². The van der Waals surface area contributed by atoms with Gasteiger partial charge < -0.3 is 19.4 Å². The molecule has 0 bridgehead atoms. The minimum absolute atomic E-state index is 0.0143. The first-order valence-electron chi connectivity index (χ1n) is 15.9. The van der Waals surface area contributed by atoms with Gasteiger partial charge in [0.2, 0.25) is 5.91 Å². The molecule has 2 fully saturated rings. The topological polar surface area (TPSA) is 73.4 Å². The molecule has 0 spiro atoms. The van der Waals surface area contributed by atoms with E-state index in [-0.39, 0.29) is 37.0 Å². The molecule has 2 aliphatic rings. The van der Waals surface area contributed by atoms with Gasteiger partial charge in [-0.05, 0) is 82.3 Å². The highest BCUT2D eigenvalue weighted by Gasteiger charge is 2.44. The molecule has 49 heavy (non-hydrogen) atoms. The highest BCUT2D eigenvalue weighted by molar-refractivity contribution is 5.92. The molecular weight excluding hydrogens is 661 g/mol. The van der Waals surface area contributed by atoms with Gasteiger partial charge in [0.1, 0.15) is 11.4 Å². The molecule has 1 heterocycles. The summed E-state index contributed by atoms with van der Waals surface area (Å²) in [4.78, 5) is 45.1. The van der Waals surface area contributed by atoms with Gasteiger partial charge in [0.05, 0.1) is 17.2 Å². The summed E-state index contributed by atoms with van der Waals surface area (Å²) in [6.45, 7) is 5.50. The fraction of sp³-hybridized carbons (Fsp3) is 0.559. The van der Waals surface area contributed by atoms with Crippen LogP contribution in [0.2, 0.25) is 0 Å². The molecule has 0 unspecified atom stereocenters. The molecule has 0 N–H and O–H groups in total. The Morgan fingerprint density at radius 1 is 0.776 bits per heavy atom. The molecule has 8 nitrogen and oxygen atoms in total. The van der Waals surface area contributed by atoms with E-state index >= 15 is 0 Å². The predicted molar refractivity (Wildman–Crippen MR) is 167 cm³/mol. The van der Waals surface area contributed by atoms with Crippen LogP contribution in [0.25, 0.3) is 0 Å². The number of nitrogens with zero attached hydrogens (tertiary/aromatic N) is 4. The van der Waals surface area contributed by atoms with Crippen LogP contribution in [-0.4, -0.2) is 84.6 Å². The van der Waals surface area contributed by atoms with Crippen LogP contribution in [0.5, 0.6) is 0 Å². The van der Waals surface area contributed by atoms with E-state index in [1.807, 2.05) is 0 Å². The number of alkyl halides is 6. The minimum Gasteiger partial charge on any atom is -0.444 e. The first kappa shape index (κ1) is 37.8. The quantitative estimate of drug-likeness (QED) is 0.299. The maximum Gasteiger partial charge on any atom is 0.416 e. The maximum atomic E-state index is 13.8. The standard InChI is InChI=1S/C34H41F7N4O4/c1-32(2,3)49-31(48)43(5)25-13-9-21(10-14-25)29(46)45-18-27(20-7-11-24(35)12-8-20)28(19-45)44(6)30(47)42(4)26-16-22(33(36,37)38)15-23(17-26)34(39,40)41/h7-8,11-12,15-17,21,25,27-28H,9-10,13-14,18-19H2,1-6H3/t21-,25-,27-,28+/m0/s1. The van der Waals surface area contributed by atoms with E-state index in [4.69, 9.17) is 4.74 Å². The van der Waals surface area contributed by atoms with Crippen molar-refractivity contribution >= 4 is 23.7 Å². The van der Waals surface area contributed by atoms with Crippen LogP contribution in [0.4, 0.5) is 46.0 Å². The third-order valence-corrected chi connectivity index (χ3v) is 9.22. The minimum atomic E-state index is -5.10. The van der Waals surface area contributed by atoms with Crippen LogP contribution in [0, 0.1) is 11.7 Å². The highest BCUT2D eigenvalue weighted by atomic mass is 19.4. The Hall–Kier alpha value is -4.04. The van der Waals surface area contributed by atoms with Crippen molar-refractivity contribution in [2.24, 2.45) is 5.92 Å². The molecule has 270 valence electrons. The van der Waals surface area contributed by atoms with Gasteiger partial charge in [-0.3, -0.25) is 9.69 Å². The van der Waals surface area contributed by atoms with Gasteiger partial charge in [-0.1, -0.05) is 12.1 Å². The van der Waals surface area contributed by atoms with Crippen LogP contribution >= 0.6 is 0 Å². The Kier molecular flexibility index (Phi) is 10.8. The number of ether oxygens (including phenoxy) is 1. The van der Waals surface area contributed by atoms with Crippen molar-refractivity contribution in [2.45, 2.75) is 82.4 Å². The second kappa shape index (κ2) is 14.1. The van der Waals surface area contributed by atoms with Crippen molar-refractivity contribution in [1.82, 2.24) is 14.7 Å². The molecule has 1 aliphatic heterocycles. The van der Waals surface area contributed by atoms with Crippen molar-refractivity contribution in [2.75, 3.05) is 39.1 Å². The normalized spacial score (nSPS) is 21.7. The Morgan fingerprint density at radius 2 is 1.31 bits per heavy atom. The summed E-state index contributed by atoms with van der Waals surface area (Å²) in [5, 5.41) is 0. The van der Waals surface area contributed by atoms with Crippen molar-refractivity contribution in [3.63, 3.8) is 0 Å². The number of likely N-dealkylation sites (N-methyl/N-ethyl adjacent to an activating group) is 1. The second-order valence-electron chi connectivity index (χ2n) is 13.8. The lowest BCUT2D eigenvalue weighted by Crippen LogP contribution is -2.48. The Balaban J connectivity index is 1.54. The molecule has 2 aromatic rings. The fourth-order valence-corrected chi connectivity index (χ4v) is 6.47. The summed E-state index contributed by atoms with van der Waals surface area (Å²) in [6.07, 6.45) is -8.55. The number of hydrogen-bond donors (Lipinski definition) is 0. The van der Waals surface area contributed by atoms with Crippen LogP contribution < -0.4 is 4.90 Å². The van der Waals surface area contributed by atoms with Gasteiger partial charge in [-0.2, -0.15) is 26.3 Å². The number of carbonyl (C=O) groups is 3. The number of benzene rings is 2. The molecular formula is C34H41F7N4O4. The van der Waals surface area contributed by atoms with Crippen molar-refractivity contribution < 1.29 is 49.9 Å². The van der Waals surface area contributed by atoms with Gasteiger partial charge in [0.15, 0.2) is 0 Å². The molecule has 15 heteroatoms. The van der Waals surface area contributed by atoms with Gasteiger partial charge in [-0.15, -0.1) is 0 Å². The Labute approximate surface area is 280 Å². The Bertz CT molecular complexity index is 1480. The number of likely N-dealkylation sites (tertiary alicyclic amines) is 1. The van der Waals surface area contributed by atoms with E-state index in [1.165, 1.54) is 36.2 Å². The molecule has 4 amide bonds. The number of anilines is 1. The average molecular weight is 703 g/mol. The highest BCUT2D eigenvalue weighted by Crippen LogP contribution is 2.39. The largest absolute Gasteiger partial charge is 0.444 e. The smallest absolute Gasteiger partial charge is 0.416 e. The lowest BCUT2D eigenvalue weighted by atomic mass is 9.84. The van der Waals surface area contributed by atoms with E-state index in [0.717, 1.165) is 7.05 Å². The van der Waals surface area contributed by atoms with E-state index < -0.39 is 64.7 Å². The van der Waals surface area contributed by atoms with Crippen molar-refractivity contribution in [3.05, 3.63) is 65.0 Å². The molecule has 0 radical (unpaired) electrons. The second-order valence-corrected chi connectivity index (χ2v) is 13.8. The first-order chi connectivity index (χ1) is 22.6. The third-order valence-electron chi connectivity index (χ3n) is 9.22. The molecule has 2 atom stereocenters. The first-order valence-corrected chi connectivity index (χ1v) is 15.9. The summed E-state index contributed by atoms with van der Waals surface area (Å²) in [5.74, 6) is -1.58. The number of halogens is 7. The molecule has 1 aliphatic carbocycles.